The van der Waals surface area contributed by atoms with Crippen LogP contribution in [0.4, 0.5) is 25.1 Å². The molecule has 1 N–H and O–H groups in total. The molecule has 0 aliphatic carbocycles. The molecule has 0 spiro atoms. The van der Waals surface area contributed by atoms with Gasteiger partial charge in [0.15, 0.2) is 0 Å². The first-order valence-electron chi connectivity index (χ1n) is 10.6. The highest BCUT2D eigenvalue weighted by Gasteiger charge is 2.65. The van der Waals surface area contributed by atoms with E-state index < -0.39 is 26.6 Å². The largest absolute Gasteiger partial charge is 0.495 e. The van der Waals surface area contributed by atoms with E-state index in [0.717, 1.165) is 17.7 Å². The minimum atomic E-state index is -9.94. The maximum absolute atomic E-state index is 13.2. The summed E-state index contributed by atoms with van der Waals surface area (Å²) in [6, 6.07) is 12.2. The predicted molar refractivity (Wildman–Crippen MR) is 130 cm³/mol. The number of pyridine rings is 1. The van der Waals surface area contributed by atoms with Crippen LogP contribution < -0.4 is 10.1 Å². The Kier molecular flexibility index (Phi) is 5.13. The number of methoxy groups -OCH3 is 1. The van der Waals surface area contributed by atoms with E-state index in [1.165, 1.54) is 13.2 Å². The fourth-order valence-electron chi connectivity index (χ4n) is 3.78. The average Bonchev–Trinajstić information content (AvgIpc) is 3.44. The van der Waals surface area contributed by atoms with Crippen molar-refractivity contribution in [3.63, 3.8) is 0 Å². The number of halogens is 5. The SMILES string of the molecule is COc1ccc(NC(=O)c2cccc(S(F)(F)(F)(F)F)c2)cc1-n1ccn2nc(-c3cccnc3)cc12. The molecule has 0 aliphatic rings. The van der Waals surface area contributed by atoms with Crippen LogP contribution in [0.15, 0.2) is 90.3 Å². The van der Waals surface area contributed by atoms with Crippen molar-refractivity contribution in [1.29, 1.82) is 0 Å². The Bertz CT molecular complexity index is 1650. The van der Waals surface area contributed by atoms with Gasteiger partial charge in [-0.25, -0.2) is 4.52 Å². The molecule has 0 atom stereocenters. The van der Waals surface area contributed by atoms with Crippen molar-refractivity contribution in [3.05, 3.63) is 91.0 Å². The molecule has 0 radical (unpaired) electrons. The molecule has 0 saturated carbocycles. The summed E-state index contributed by atoms with van der Waals surface area (Å²) in [6.45, 7) is 0. The number of imidazole rings is 1. The first kappa shape index (κ1) is 24.3. The number of carbonyl (C=O) groups excluding carboxylic acids is 1. The van der Waals surface area contributed by atoms with Crippen LogP contribution >= 0.6 is 10.2 Å². The lowest BCUT2D eigenvalue weighted by molar-refractivity contribution is 0.102. The molecule has 0 bridgehead atoms. The Labute approximate surface area is 206 Å². The summed E-state index contributed by atoms with van der Waals surface area (Å²) in [5, 5.41) is 6.99. The van der Waals surface area contributed by atoms with Crippen molar-refractivity contribution in [3.8, 4) is 22.7 Å². The second-order valence-corrected chi connectivity index (χ2v) is 10.5. The number of anilines is 1. The summed E-state index contributed by atoms with van der Waals surface area (Å²) in [5.41, 5.74) is 2.27. The molecule has 3 aromatic heterocycles. The number of amides is 1. The number of rotatable bonds is 6. The van der Waals surface area contributed by atoms with Gasteiger partial charge in [0.05, 0.1) is 18.5 Å². The van der Waals surface area contributed by atoms with Crippen molar-refractivity contribution < 1.29 is 29.0 Å². The minimum Gasteiger partial charge on any atom is -0.495 e. The number of nitrogens with zero attached hydrogens (tertiary/aromatic N) is 4. The lowest BCUT2D eigenvalue weighted by Gasteiger charge is -2.40. The van der Waals surface area contributed by atoms with Gasteiger partial charge in [-0.15, -0.1) is 0 Å². The van der Waals surface area contributed by atoms with E-state index in [2.05, 4.69) is 15.4 Å². The normalized spacial score (nSPS) is 13.7. The van der Waals surface area contributed by atoms with E-state index in [4.69, 9.17) is 4.74 Å². The molecule has 3 heterocycles. The smallest absolute Gasteiger partial charge is 0.310 e. The number of fused-ring (bicyclic) bond motifs is 1. The number of carbonyl (C=O) groups is 1. The summed E-state index contributed by atoms with van der Waals surface area (Å²) in [5.74, 6) is -0.552. The molecule has 37 heavy (non-hydrogen) atoms. The van der Waals surface area contributed by atoms with E-state index in [1.54, 1.807) is 52.1 Å². The molecule has 2 aromatic carbocycles. The van der Waals surface area contributed by atoms with Crippen LogP contribution in [0.5, 0.6) is 5.75 Å². The van der Waals surface area contributed by atoms with Crippen LogP contribution in [0.1, 0.15) is 10.4 Å². The van der Waals surface area contributed by atoms with Crippen molar-refractivity contribution in [2.24, 2.45) is 0 Å². The zero-order valence-corrected chi connectivity index (χ0v) is 19.8. The van der Waals surface area contributed by atoms with Gasteiger partial charge in [0.1, 0.15) is 16.3 Å². The lowest BCUT2D eigenvalue weighted by Crippen LogP contribution is -2.14. The first-order valence-corrected chi connectivity index (χ1v) is 12.6. The Morgan fingerprint density at radius 3 is 2.49 bits per heavy atom. The quantitative estimate of drug-likeness (QED) is 0.235. The summed E-state index contributed by atoms with van der Waals surface area (Å²) in [7, 11) is -8.48. The fraction of sp³-hybridized carbons (Fsp3) is 0.0417. The highest BCUT2D eigenvalue weighted by molar-refractivity contribution is 8.45. The van der Waals surface area contributed by atoms with Gasteiger partial charge in [0.25, 0.3) is 5.91 Å². The number of aromatic nitrogens is 4. The molecule has 0 fully saturated rings. The topological polar surface area (TPSA) is 73.5 Å². The molecule has 192 valence electrons. The highest BCUT2D eigenvalue weighted by atomic mass is 32.5. The van der Waals surface area contributed by atoms with Gasteiger partial charge < -0.3 is 10.1 Å². The number of benzene rings is 2. The number of hydrogen-bond acceptors (Lipinski definition) is 4. The maximum Gasteiger partial charge on any atom is 0.310 e. The average molecular weight is 535 g/mol. The van der Waals surface area contributed by atoms with Gasteiger partial charge >= 0.3 is 10.2 Å². The van der Waals surface area contributed by atoms with Crippen LogP contribution in [0.25, 0.3) is 22.6 Å². The van der Waals surface area contributed by atoms with Crippen molar-refractivity contribution >= 4 is 27.5 Å². The van der Waals surface area contributed by atoms with E-state index in [9.17, 15) is 24.2 Å². The molecule has 1 amide bonds. The van der Waals surface area contributed by atoms with Crippen LogP contribution in [0.3, 0.4) is 0 Å². The van der Waals surface area contributed by atoms with Gasteiger partial charge in [-0.1, -0.05) is 25.5 Å². The van der Waals surface area contributed by atoms with Crippen molar-refractivity contribution in [2.75, 3.05) is 12.4 Å². The second-order valence-electron chi connectivity index (χ2n) is 8.08. The molecule has 13 heteroatoms. The van der Waals surface area contributed by atoms with Crippen LogP contribution in [-0.4, -0.2) is 32.2 Å². The molecule has 5 rings (SSSR count). The van der Waals surface area contributed by atoms with Gasteiger partial charge in [-0.2, -0.15) is 5.10 Å². The standard InChI is InChI=1S/C24H18F5N5O2S/c1-36-22-8-7-18(31-24(35)16-4-2-6-19(12-16)37(25,26,27,28)29)13-21(22)33-10-11-34-23(33)14-20(32-34)17-5-3-9-30-15-17/h2-15H,1H3,(H,31,35). The lowest BCUT2D eigenvalue weighted by atomic mass is 10.2. The maximum atomic E-state index is 13.2. The van der Waals surface area contributed by atoms with Crippen LogP contribution in [0, 0.1) is 0 Å². The van der Waals surface area contributed by atoms with E-state index in [-0.39, 0.29) is 17.8 Å². The van der Waals surface area contributed by atoms with Gasteiger partial charge in [-0.3, -0.25) is 14.3 Å². The zero-order chi connectivity index (χ0) is 26.5. The second kappa shape index (κ2) is 7.80. The Balaban J connectivity index is 1.49. The Morgan fingerprint density at radius 2 is 1.78 bits per heavy atom. The number of hydrogen-bond donors (Lipinski definition) is 1. The fourth-order valence-corrected chi connectivity index (χ4v) is 4.46. The van der Waals surface area contributed by atoms with E-state index in [1.807, 2.05) is 12.1 Å². The van der Waals surface area contributed by atoms with E-state index in [0.29, 0.717) is 22.8 Å². The van der Waals surface area contributed by atoms with Crippen molar-refractivity contribution in [2.45, 2.75) is 4.90 Å². The molecular formula is C24H18F5N5O2S. The molecule has 0 aliphatic heterocycles. The molecule has 5 aromatic rings. The minimum absolute atomic E-state index is 0.142. The summed E-state index contributed by atoms with van der Waals surface area (Å²) < 4.78 is 74.8. The third-order valence-corrected chi connectivity index (χ3v) is 6.66. The Morgan fingerprint density at radius 1 is 0.973 bits per heavy atom. The van der Waals surface area contributed by atoms with Gasteiger partial charge in [-0.05, 0) is 48.5 Å². The summed E-state index contributed by atoms with van der Waals surface area (Å²) in [6.07, 6.45) is 6.76. The van der Waals surface area contributed by atoms with Gasteiger partial charge in [0.2, 0.25) is 0 Å². The molecule has 0 unspecified atom stereocenters. The van der Waals surface area contributed by atoms with Crippen molar-refractivity contribution in [1.82, 2.24) is 19.2 Å². The zero-order valence-electron chi connectivity index (χ0n) is 19.0. The monoisotopic (exact) mass is 535 g/mol. The van der Waals surface area contributed by atoms with Crippen LogP contribution in [-0.2, 0) is 0 Å². The number of nitrogens with one attached hydrogen (secondary N) is 1. The van der Waals surface area contributed by atoms with E-state index >= 15 is 0 Å². The molecule has 0 saturated heterocycles. The third kappa shape index (κ3) is 4.85. The molecule has 7 nitrogen and oxygen atoms in total. The Hall–Kier alpha value is -4.39. The van der Waals surface area contributed by atoms with Crippen LogP contribution in [0.2, 0.25) is 0 Å². The first-order chi connectivity index (χ1) is 17.3. The number of ether oxygens (including phenoxy) is 1. The highest BCUT2D eigenvalue weighted by Crippen LogP contribution is 3.02. The molecular weight excluding hydrogens is 517 g/mol. The summed E-state index contributed by atoms with van der Waals surface area (Å²) >= 11 is 0. The van der Waals surface area contributed by atoms with Gasteiger partial charge in [0, 0.05) is 47.7 Å². The third-order valence-electron chi connectivity index (χ3n) is 5.51. The summed E-state index contributed by atoms with van der Waals surface area (Å²) in [4.78, 5) is 14.6. The predicted octanol–water partition coefficient (Wildman–Crippen LogP) is 7.11.